The van der Waals surface area contributed by atoms with E-state index in [1.807, 2.05) is 0 Å². The summed E-state index contributed by atoms with van der Waals surface area (Å²) < 4.78 is 5.68. The monoisotopic (exact) mass is 392 g/mol. The summed E-state index contributed by atoms with van der Waals surface area (Å²) in [6.45, 7) is 8.75. The summed E-state index contributed by atoms with van der Waals surface area (Å²) in [5.74, 6) is 0.476. The van der Waals surface area contributed by atoms with Crippen molar-refractivity contribution in [2.24, 2.45) is 5.92 Å². The largest absolute Gasteiger partial charge is 0.462 e. The Hall–Kier alpha value is -1.05. The van der Waals surface area contributed by atoms with Crippen LogP contribution in [0.15, 0.2) is 24.3 Å². The number of carbonyl (C=O) groups excluding carboxylic acids is 1. The Balaban J connectivity index is 3.53. The predicted octanol–water partition coefficient (Wildman–Crippen LogP) is 8.56. The fourth-order valence-corrected chi connectivity index (χ4v) is 3.55. The summed E-state index contributed by atoms with van der Waals surface area (Å²) >= 11 is 0. The number of hydrogen-bond acceptors (Lipinski definition) is 2. The second-order valence-corrected chi connectivity index (χ2v) is 8.18. The third-order valence-corrected chi connectivity index (χ3v) is 5.40. The zero-order chi connectivity index (χ0) is 20.9. The Morgan fingerprint density at radius 2 is 1.39 bits per heavy atom. The minimum absolute atomic E-state index is 0.000449. The van der Waals surface area contributed by atoms with Gasteiger partial charge >= 0.3 is 5.97 Å². The summed E-state index contributed by atoms with van der Waals surface area (Å²) in [7, 11) is 0. The lowest BCUT2D eigenvalue weighted by molar-refractivity contribution is -0.152. The quantitative estimate of drug-likeness (QED) is 0.125. The van der Waals surface area contributed by atoms with E-state index in [1.54, 1.807) is 0 Å². The predicted molar refractivity (Wildman–Crippen MR) is 124 cm³/mol. The molecular formula is C26H48O2. The van der Waals surface area contributed by atoms with Crippen LogP contribution in [0, 0.1) is 5.92 Å². The number of carbonyl (C=O) groups is 1. The van der Waals surface area contributed by atoms with Crippen LogP contribution < -0.4 is 0 Å². The van der Waals surface area contributed by atoms with Crippen molar-refractivity contribution in [3.63, 3.8) is 0 Å². The third kappa shape index (κ3) is 17.1. The molecular weight excluding hydrogens is 344 g/mol. The first kappa shape index (κ1) is 27.0. The SMILES string of the molecule is CCCCC/C=C\C/C=C\CCCCCCCC(=O)OC(CC)C(C)CCC. The van der Waals surface area contributed by atoms with Crippen LogP contribution >= 0.6 is 0 Å². The molecule has 0 N–H and O–H groups in total. The van der Waals surface area contributed by atoms with Crippen LogP contribution in [0.25, 0.3) is 0 Å². The van der Waals surface area contributed by atoms with Crippen LogP contribution in [0.1, 0.15) is 124 Å². The fourth-order valence-electron chi connectivity index (χ4n) is 3.55. The summed E-state index contributed by atoms with van der Waals surface area (Å²) in [6, 6.07) is 0. The molecule has 0 heterocycles. The Morgan fingerprint density at radius 3 is 2.00 bits per heavy atom. The molecule has 0 amide bonds. The highest BCUT2D eigenvalue weighted by atomic mass is 16.5. The fraction of sp³-hybridized carbons (Fsp3) is 0.808. The molecule has 2 unspecified atom stereocenters. The lowest BCUT2D eigenvalue weighted by atomic mass is 9.97. The molecule has 2 heteroatoms. The van der Waals surface area contributed by atoms with E-state index in [0.29, 0.717) is 12.3 Å². The van der Waals surface area contributed by atoms with Crippen molar-refractivity contribution >= 4 is 5.97 Å². The highest BCUT2D eigenvalue weighted by Gasteiger charge is 2.18. The number of hydrogen-bond donors (Lipinski definition) is 0. The van der Waals surface area contributed by atoms with Crippen molar-refractivity contribution in [2.75, 3.05) is 0 Å². The first-order valence-corrected chi connectivity index (χ1v) is 12.1. The van der Waals surface area contributed by atoms with Crippen LogP contribution in [0.4, 0.5) is 0 Å². The van der Waals surface area contributed by atoms with Crippen LogP contribution in [-0.4, -0.2) is 12.1 Å². The standard InChI is InChI=1S/C26H48O2/c1-5-8-9-10-11-12-13-14-15-16-17-18-19-20-21-23-26(27)28-25(7-3)24(4)22-6-2/h11-12,14-15,24-25H,5-10,13,16-23H2,1-4H3/b12-11-,15-14-. The first-order valence-electron chi connectivity index (χ1n) is 12.1. The van der Waals surface area contributed by atoms with Crippen molar-refractivity contribution in [3.8, 4) is 0 Å². The van der Waals surface area contributed by atoms with E-state index in [4.69, 9.17) is 4.74 Å². The maximum absolute atomic E-state index is 12.0. The zero-order valence-corrected chi connectivity index (χ0v) is 19.4. The molecule has 0 aliphatic heterocycles. The molecule has 0 fully saturated rings. The van der Waals surface area contributed by atoms with Gasteiger partial charge in [-0.3, -0.25) is 4.79 Å². The Kier molecular flexibility index (Phi) is 19.9. The van der Waals surface area contributed by atoms with Crippen LogP contribution in [0.2, 0.25) is 0 Å². The van der Waals surface area contributed by atoms with Gasteiger partial charge in [0, 0.05) is 6.42 Å². The Labute approximate surface area is 176 Å². The van der Waals surface area contributed by atoms with Crippen molar-refractivity contribution < 1.29 is 9.53 Å². The smallest absolute Gasteiger partial charge is 0.306 e. The van der Waals surface area contributed by atoms with Crippen molar-refractivity contribution in [1.29, 1.82) is 0 Å². The molecule has 0 radical (unpaired) electrons. The molecule has 0 aromatic heterocycles. The topological polar surface area (TPSA) is 26.3 Å². The average molecular weight is 393 g/mol. The van der Waals surface area contributed by atoms with Crippen molar-refractivity contribution in [3.05, 3.63) is 24.3 Å². The normalized spacial score (nSPS) is 14.0. The van der Waals surface area contributed by atoms with Crippen molar-refractivity contribution in [1.82, 2.24) is 0 Å². The number of ether oxygens (including phenoxy) is 1. The van der Waals surface area contributed by atoms with Gasteiger partial charge in [0.1, 0.15) is 6.10 Å². The van der Waals surface area contributed by atoms with Gasteiger partial charge in [-0.15, -0.1) is 0 Å². The van der Waals surface area contributed by atoms with Crippen LogP contribution in [0.3, 0.4) is 0 Å². The third-order valence-electron chi connectivity index (χ3n) is 5.40. The van der Waals surface area contributed by atoms with E-state index in [-0.39, 0.29) is 12.1 Å². The van der Waals surface area contributed by atoms with E-state index in [1.165, 1.54) is 51.4 Å². The molecule has 0 aliphatic rings. The molecule has 2 atom stereocenters. The van der Waals surface area contributed by atoms with Gasteiger partial charge in [-0.05, 0) is 57.3 Å². The van der Waals surface area contributed by atoms with Gasteiger partial charge in [0.05, 0.1) is 0 Å². The number of unbranched alkanes of at least 4 members (excludes halogenated alkanes) is 8. The molecule has 0 saturated carbocycles. The van der Waals surface area contributed by atoms with Crippen molar-refractivity contribution in [2.45, 2.75) is 130 Å². The molecule has 2 nitrogen and oxygen atoms in total. The lowest BCUT2D eigenvalue weighted by Crippen LogP contribution is -2.24. The summed E-state index contributed by atoms with van der Waals surface area (Å²) in [5.41, 5.74) is 0. The number of esters is 1. The average Bonchev–Trinajstić information content (AvgIpc) is 2.69. The van der Waals surface area contributed by atoms with Gasteiger partial charge in [-0.25, -0.2) is 0 Å². The van der Waals surface area contributed by atoms with E-state index < -0.39 is 0 Å². The van der Waals surface area contributed by atoms with E-state index >= 15 is 0 Å². The second-order valence-electron chi connectivity index (χ2n) is 8.18. The van der Waals surface area contributed by atoms with Gasteiger partial charge in [0.2, 0.25) is 0 Å². The zero-order valence-electron chi connectivity index (χ0n) is 19.4. The second kappa shape index (κ2) is 20.7. The molecule has 164 valence electrons. The van der Waals surface area contributed by atoms with Gasteiger partial charge in [0.15, 0.2) is 0 Å². The molecule has 0 aromatic rings. The van der Waals surface area contributed by atoms with Gasteiger partial charge < -0.3 is 4.74 Å². The first-order chi connectivity index (χ1) is 13.7. The molecule has 0 aromatic carbocycles. The Morgan fingerprint density at radius 1 is 0.786 bits per heavy atom. The molecule has 0 bridgehead atoms. The molecule has 0 saturated heterocycles. The van der Waals surface area contributed by atoms with Crippen LogP contribution in [0.5, 0.6) is 0 Å². The summed E-state index contributed by atoms with van der Waals surface area (Å²) in [5, 5.41) is 0. The number of rotatable bonds is 19. The van der Waals surface area contributed by atoms with Gasteiger partial charge in [-0.2, -0.15) is 0 Å². The lowest BCUT2D eigenvalue weighted by Gasteiger charge is -2.22. The van der Waals surface area contributed by atoms with Crippen LogP contribution in [-0.2, 0) is 9.53 Å². The summed E-state index contributed by atoms with van der Waals surface area (Å²) in [4.78, 5) is 12.0. The highest BCUT2D eigenvalue weighted by Crippen LogP contribution is 2.18. The number of allylic oxidation sites excluding steroid dienone is 4. The molecule has 28 heavy (non-hydrogen) atoms. The minimum atomic E-state index is 0.000449. The minimum Gasteiger partial charge on any atom is -0.462 e. The van der Waals surface area contributed by atoms with Gasteiger partial charge in [-0.1, -0.05) is 90.5 Å². The summed E-state index contributed by atoms with van der Waals surface area (Å²) in [6.07, 6.45) is 26.4. The molecule has 0 spiro atoms. The molecule has 0 aliphatic carbocycles. The van der Waals surface area contributed by atoms with E-state index in [2.05, 4.69) is 52.0 Å². The highest BCUT2D eigenvalue weighted by molar-refractivity contribution is 5.69. The van der Waals surface area contributed by atoms with E-state index in [9.17, 15) is 4.79 Å². The van der Waals surface area contributed by atoms with E-state index in [0.717, 1.165) is 38.5 Å². The molecule has 0 rings (SSSR count). The Bertz CT molecular complexity index is 397. The maximum atomic E-state index is 12.0. The van der Waals surface area contributed by atoms with Gasteiger partial charge in [0.25, 0.3) is 0 Å². The maximum Gasteiger partial charge on any atom is 0.306 e.